The molecule has 2 aromatic rings. The van der Waals surface area contributed by atoms with Crippen molar-refractivity contribution in [3.8, 4) is 0 Å². The van der Waals surface area contributed by atoms with Crippen molar-refractivity contribution in [1.82, 2.24) is 10.2 Å². The van der Waals surface area contributed by atoms with Gasteiger partial charge in [-0.2, -0.15) is 0 Å². The van der Waals surface area contributed by atoms with E-state index >= 15 is 0 Å². The van der Waals surface area contributed by atoms with Crippen molar-refractivity contribution in [3.63, 3.8) is 0 Å². The first-order chi connectivity index (χ1) is 11.9. The second-order valence-electron chi connectivity index (χ2n) is 6.83. The number of aromatic nitrogens is 2. The highest BCUT2D eigenvalue weighted by atomic mass is 32.1. The molecule has 132 valence electrons. The van der Waals surface area contributed by atoms with Gasteiger partial charge in [-0.1, -0.05) is 42.9 Å². The Labute approximate surface area is 151 Å². The number of aryl methyl sites for hydroxylation is 1. The zero-order valence-corrected chi connectivity index (χ0v) is 15.5. The highest BCUT2D eigenvalue weighted by molar-refractivity contribution is 7.15. The van der Waals surface area contributed by atoms with Gasteiger partial charge in [0.05, 0.1) is 5.92 Å². The van der Waals surface area contributed by atoms with Crippen molar-refractivity contribution < 1.29 is 9.59 Å². The maximum absolute atomic E-state index is 12.5. The van der Waals surface area contributed by atoms with Gasteiger partial charge in [-0.15, -0.1) is 10.2 Å². The molecular formula is C18H22N4O2S. The predicted octanol–water partition coefficient (Wildman–Crippen LogP) is 3.04. The number of carbonyl (C=O) groups excluding carboxylic acids is 2. The molecule has 0 radical (unpaired) electrons. The van der Waals surface area contributed by atoms with Gasteiger partial charge in [-0.25, -0.2) is 0 Å². The highest BCUT2D eigenvalue weighted by Gasteiger charge is 2.35. The number of hydrogen-bond acceptors (Lipinski definition) is 5. The molecular weight excluding hydrogens is 336 g/mol. The Morgan fingerprint density at radius 3 is 2.72 bits per heavy atom. The van der Waals surface area contributed by atoms with Crippen LogP contribution in [0.3, 0.4) is 0 Å². The van der Waals surface area contributed by atoms with E-state index in [4.69, 9.17) is 0 Å². The number of nitrogens with zero attached hydrogens (tertiary/aromatic N) is 3. The van der Waals surface area contributed by atoms with Crippen LogP contribution in [0.1, 0.15) is 30.8 Å². The lowest BCUT2D eigenvalue weighted by molar-refractivity contribution is -0.122. The minimum atomic E-state index is -0.369. The number of rotatable bonds is 5. The molecule has 3 rings (SSSR count). The molecule has 1 aromatic heterocycles. The molecule has 0 spiro atoms. The smallest absolute Gasteiger partial charge is 0.231 e. The summed E-state index contributed by atoms with van der Waals surface area (Å²) < 4.78 is 0. The molecule has 2 heterocycles. The fourth-order valence-electron chi connectivity index (χ4n) is 2.80. The van der Waals surface area contributed by atoms with Crippen LogP contribution in [0.4, 0.5) is 10.8 Å². The van der Waals surface area contributed by atoms with E-state index in [1.807, 2.05) is 31.2 Å². The van der Waals surface area contributed by atoms with Crippen LogP contribution < -0.4 is 10.2 Å². The molecule has 1 aliphatic rings. The number of amides is 2. The molecule has 1 saturated heterocycles. The van der Waals surface area contributed by atoms with Gasteiger partial charge in [0.1, 0.15) is 5.01 Å². The van der Waals surface area contributed by atoms with Gasteiger partial charge in [0.2, 0.25) is 16.9 Å². The average Bonchev–Trinajstić information content (AvgIpc) is 3.14. The van der Waals surface area contributed by atoms with Gasteiger partial charge in [-0.3, -0.25) is 9.59 Å². The molecule has 1 atom stereocenters. The van der Waals surface area contributed by atoms with Crippen molar-refractivity contribution >= 4 is 34.0 Å². The first-order valence-corrected chi connectivity index (χ1v) is 9.24. The van der Waals surface area contributed by atoms with Gasteiger partial charge in [0.25, 0.3) is 0 Å². The van der Waals surface area contributed by atoms with Gasteiger partial charge in [-0.05, 0) is 25.0 Å². The second-order valence-corrected chi connectivity index (χ2v) is 7.89. The fourth-order valence-corrected chi connectivity index (χ4v) is 3.76. The lowest BCUT2D eigenvalue weighted by atomic mass is 10.1. The third-order valence-electron chi connectivity index (χ3n) is 4.12. The Hall–Kier alpha value is -2.28. The SMILES string of the molecule is Cc1ccc(N2C[C@@H](C(=O)Nc3nnc(CC(C)C)s3)CC2=O)cc1. The first kappa shape index (κ1) is 17.5. The van der Waals surface area contributed by atoms with Crippen LogP contribution in [-0.4, -0.2) is 28.6 Å². The summed E-state index contributed by atoms with van der Waals surface area (Å²) >= 11 is 1.40. The van der Waals surface area contributed by atoms with Gasteiger partial charge in [0.15, 0.2) is 0 Å². The highest BCUT2D eigenvalue weighted by Crippen LogP contribution is 2.27. The number of nitrogens with one attached hydrogen (secondary N) is 1. The number of carbonyl (C=O) groups is 2. The molecule has 0 bridgehead atoms. The van der Waals surface area contributed by atoms with E-state index < -0.39 is 0 Å². The third kappa shape index (κ3) is 4.22. The Balaban J connectivity index is 1.62. The summed E-state index contributed by atoms with van der Waals surface area (Å²) in [7, 11) is 0. The summed E-state index contributed by atoms with van der Waals surface area (Å²) in [6.07, 6.45) is 1.06. The molecule has 2 amide bonds. The molecule has 25 heavy (non-hydrogen) atoms. The maximum Gasteiger partial charge on any atom is 0.231 e. The molecule has 6 nitrogen and oxygen atoms in total. The fraction of sp³-hybridized carbons (Fsp3) is 0.444. The van der Waals surface area contributed by atoms with E-state index in [2.05, 4.69) is 29.4 Å². The van der Waals surface area contributed by atoms with Crippen LogP contribution in [0.15, 0.2) is 24.3 Å². The Morgan fingerprint density at radius 2 is 2.04 bits per heavy atom. The number of benzene rings is 1. The predicted molar refractivity (Wildman–Crippen MR) is 98.7 cm³/mol. The maximum atomic E-state index is 12.5. The summed E-state index contributed by atoms with van der Waals surface area (Å²) in [5.41, 5.74) is 1.97. The Kier molecular flexibility index (Phi) is 5.13. The molecule has 1 aromatic carbocycles. The van der Waals surface area contributed by atoms with Crippen molar-refractivity contribution in [2.24, 2.45) is 11.8 Å². The van der Waals surface area contributed by atoms with Crippen molar-refractivity contribution in [2.45, 2.75) is 33.6 Å². The van der Waals surface area contributed by atoms with Crippen LogP contribution in [0, 0.1) is 18.8 Å². The molecule has 0 unspecified atom stereocenters. The minimum Gasteiger partial charge on any atom is -0.312 e. The molecule has 0 aliphatic carbocycles. The van der Waals surface area contributed by atoms with E-state index in [-0.39, 0.29) is 24.2 Å². The summed E-state index contributed by atoms with van der Waals surface area (Å²) in [5, 5.41) is 12.3. The van der Waals surface area contributed by atoms with E-state index in [1.54, 1.807) is 4.90 Å². The van der Waals surface area contributed by atoms with E-state index in [9.17, 15) is 9.59 Å². The second kappa shape index (κ2) is 7.31. The van der Waals surface area contributed by atoms with Crippen LogP contribution in [0.2, 0.25) is 0 Å². The molecule has 0 saturated carbocycles. The van der Waals surface area contributed by atoms with E-state index in [1.165, 1.54) is 11.3 Å². The normalized spacial score (nSPS) is 17.4. The van der Waals surface area contributed by atoms with E-state index in [0.29, 0.717) is 17.6 Å². The van der Waals surface area contributed by atoms with Gasteiger partial charge < -0.3 is 10.2 Å². The molecule has 1 fully saturated rings. The quantitative estimate of drug-likeness (QED) is 0.891. The first-order valence-electron chi connectivity index (χ1n) is 8.42. The number of hydrogen-bond donors (Lipinski definition) is 1. The minimum absolute atomic E-state index is 0.0261. The molecule has 1 aliphatic heterocycles. The van der Waals surface area contributed by atoms with Crippen molar-refractivity contribution in [2.75, 3.05) is 16.8 Å². The zero-order valence-electron chi connectivity index (χ0n) is 14.7. The molecule has 1 N–H and O–H groups in total. The lowest BCUT2D eigenvalue weighted by Gasteiger charge is -2.16. The van der Waals surface area contributed by atoms with Crippen LogP contribution in [0.5, 0.6) is 0 Å². The standard InChI is InChI=1S/C18H22N4O2S/c1-11(2)8-15-20-21-18(25-15)19-17(24)13-9-16(23)22(10-13)14-6-4-12(3)5-7-14/h4-7,11,13H,8-10H2,1-3H3,(H,19,21,24)/t13-/m0/s1. The third-order valence-corrected chi connectivity index (χ3v) is 4.98. The lowest BCUT2D eigenvalue weighted by Crippen LogP contribution is -2.28. The average molecular weight is 358 g/mol. The van der Waals surface area contributed by atoms with Crippen LogP contribution >= 0.6 is 11.3 Å². The van der Waals surface area contributed by atoms with E-state index in [0.717, 1.165) is 22.7 Å². The summed E-state index contributed by atoms with van der Waals surface area (Å²) in [5.74, 6) is -0.0738. The topological polar surface area (TPSA) is 75.2 Å². The summed E-state index contributed by atoms with van der Waals surface area (Å²) in [4.78, 5) is 26.4. The largest absolute Gasteiger partial charge is 0.312 e. The summed E-state index contributed by atoms with van der Waals surface area (Å²) in [6.45, 7) is 6.62. The molecule has 7 heteroatoms. The van der Waals surface area contributed by atoms with Gasteiger partial charge in [0, 0.05) is 25.1 Å². The van der Waals surface area contributed by atoms with Crippen LogP contribution in [0.25, 0.3) is 0 Å². The Bertz CT molecular complexity index is 770. The van der Waals surface area contributed by atoms with Crippen LogP contribution in [-0.2, 0) is 16.0 Å². The summed E-state index contributed by atoms with van der Waals surface area (Å²) in [6, 6.07) is 7.76. The van der Waals surface area contributed by atoms with Crippen molar-refractivity contribution in [1.29, 1.82) is 0 Å². The van der Waals surface area contributed by atoms with Gasteiger partial charge >= 0.3 is 0 Å². The van der Waals surface area contributed by atoms with Crippen molar-refractivity contribution in [3.05, 3.63) is 34.8 Å². The zero-order chi connectivity index (χ0) is 18.0. The monoisotopic (exact) mass is 358 g/mol. The number of anilines is 2. The Morgan fingerprint density at radius 1 is 1.32 bits per heavy atom.